The minimum atomic E-state index is -0.783. The molecular weight excluding hydrogens is 275 g/mol. The smallest absolute Gasteiger partial charge is 0.325 e. The SMILES string of the molecule is C[C@]1(C2CC2)NC(=O)N(CCOc2ccccc2F)C1=O. The Bertz CT molecular complexity index is 588. The molecule has 1 heterocycles. The van der Waals surface area contributed by atoms with Gasteiger partial charge >= 0.3 is 6.03 Å². The molecule has 1 N–H and O–H groups in total. The molecule has 1 saturated heterocycles. The van der Waals surface area contributed by atoms with E-state index in [-0.39, 0.29) is 30.7 Å². The number of imide groups is 1. The summed E-state index contributed by atoms with van der Waals surface area (Å²) in [5, 5.41) is 2.76. The molecule has 1 aliphatic carbocycles. The molecule has 5 nitrogen and oxygen atoms in total. The van der Waals surface area contributed by atoms with Crippen LogP contribution in [0.2, 0.25) is 0 Å². The zero-order valence-electron chi connectivity index (χ0n) is 11.8. The lowest BCUT2D eigenvalue weighted by atomic mass is 9.96. The number of para-hydroxylation sites is 1. The molecule has 1 aliphatic heterocycles. The fraction of sp³-hybridized carbons (Fsp3) is 0.467. The Hall–Kier alpha value is -2.11. The van der Waals surface area contributed by atoms with E-state index in [0.717, 1.165) is 17.7 Å². The van der Waals surface area contributed by atoms with Gasteiger partial charge in [-0.15, -0.1) is 0 Å². The van der Waals surface area contributed by atoms with Crippen molar-refractivity contribution in [3.8, 4) is 5.75 Å². The maximum atomic E-state index is 13.4. The van der Waals surface area contributed by atoms with Gasteiger partial charge in [-0.05, 0) is 37.8 Å². The highest BCUT2D eigenvalue weighted by Gasteiger charge is 2.55. The van der Waals surface area contributed by atoms with Crippen LogP contribution in [-0.4, -0.2) is 35.5 Å². The van der Waals surface area contributed by atoms with E-state index >= 15 is 0 Å². The molecule has 3 rings (SSSR count). The van der Waals surface area contributed by atoms with Crippen LogP contribution in [0.1, 0.15) is 19.8 Å². The molecule has 6 heteroatoms. The lowest BCUT2D eigenvalue weighted by molar-refractivity contribution is -0.131. The van der Waals surface area contributed by atoms with Crippen molar-refractivity contribution < 1.29 is 18.7 Å². The Balaban J connectivity index is 1.59. The normalized spacial score (nSPS) is 25.1. The number of rotatable bonds is 5. The summed E-state index contributed by atoms with van der Waals surface area (Å²) in [5.41, 5.74) is -0.783. The highest BCUT2D eigenvalue weighted by atomic mass is 19.1. The molecule has 3 amide bonds. The van der Waals surface area contributed by atoms with Gasteiger partial charge in [-0.3, -0.25) is 9.69 Å². The van der Waals surface area contributed by atoms with Crippen LogP contribution in [0.4, 0.5) is 9.18 Å². The van der Waals surface area contributed by atoms with Gasteiger partial charge in [0.25, 0.3) is 5.91 Å². The minimum absolute atomic E-state index is 0.0703. The standard InChI is InChI=1S/C15H17FN2O3/c1-15(10-6-7-10)13(19)18(14(20)17-15)8-9-21-12-5-3-2-4-11(12)16/h2-5,10H,6-9H2,1H3,(H,17,20)/t15-/m1/s1. The van der Waals surface area contributed by atoms with Gasteiger partial charge in [0, 0.05) is 0 Å². The predicted molar refractivity (Wildman–Crippen MR) is 73.3 cm³/mol. The van der Waals surface area contributed by atoms with Gasteiger partial charge in [0.2, 0.25) is 0 Å². The molecule has 1 atom stereocenters. The van der Waals surface area contributed by atoms with Gasteiger partial charge in [0.05, 0.1) is 6.54 Å². The van der Waals surface area contributed by atoms with Crippen molar-refractivity contribution in [2.75, 3.05) is 13.2 Å². The van der Waals surface area contributed by atoms with E-state index < -0.39 is 17.4 Å². The number of amides is 3. The molecule has 2 fully saturated rings. The van der Waals surface area contributed by atoms with Crippen molar-refractivity contribution >= 4 is 11.9 Å². The largest absolute Gasteiger partial charge is 0.489 e. The lowest BCUT2D eigenvalue weighted by Gasteiger charge is -2.21. The summed E-state index contributed by atoms with van der Waals surface area (Å²) in [6.45, 7) is 1.95. The number of benzene rings is 1. The zero-order chi connectivity index (χ0) is 15.0. The molecule has 112 valence electrons. The van der Waals surface area contributed by atoms with E-state index in [9.17, 15) is 14.0 Å². The second-order valence-electron chi connectivity index (χ2n) is 5.64. The van der Waals surface area contributed by atoms with Crippen LogP contribution >= 0.6 is 0 Å². The minimum Gasteiger partial charge on any atom is -0.489 e. The molecule has 21 heavy (non-hydrogen) atoms. The predicted octanol–water partition coefficient (Wildman–Crippen LogP) is 1.93. The quantitative estimate of drug-likeness (QED) is 0.844. The number of carbonyl (C=O) groups excluding carboxylic acids is 2. The number of nitrogens with one attached hydrogen (secondary N) is 1. The second-order valence-corrected chi connectivity index (χ2v) is 5.64. The van der Waals surface area contributed by atoms with Crippen LogP contribution in [0.3, 0.4) is 0 Å². The van der Waals surface area contributed by atoms with Crippen LogP contribution < -0.4 is 10.1 Å². The van der Waals surface area contributed by atoms with Gasteiger partial charge in [-0.25, -0.2) is 9.18 Å². The number of halogens is 1. The highest BCUT2D eigenvalue weighted by Crippen LogP contribution is 2.42. The molecule has 1 aromatic rings. The van der Waals surface area contributed by atoms with E-state index in [2.05, 4.69) is 5.32 Å². The first-order valence-corrected chi connectivity index (χ1v) is 7.04. The molecule has 0 spiro atoms. The topological polar surface area (TPSA) is 58.6 Å². The Morgan fingerprint density at radius 2 is 2.10 bits per heavy atom. The third kappa shape index (κ3) is 2.46. The van der Waals surface area contributed by atoms with Crippen molar-refractivity contribution in [2.24, 2.45) is 5.92 Å². The molecule has 0 bridgehead atoms. The van der Waals surface area contributed by atoms with Crippen LogP contribution in [0.25, 0.3) is 0 Å². The lowest BCUT2D eigenvalue weighted by Crippen LogP contribution is -2.46. The van der Waals surface area contributed by atoms with E-state index in [1.54, 1.807) is 19.1 Å². The fourth-order valence-electron chi connectivity index (χ4n) is 2.66. The van der Waals surface area contributed by atoms with Gasteiger partial charge in [-0.1, -0.05) is 12.1 Å². The first-order valence-electron chi connectivity index (χ1n) is 7.04. The monoisotopic (exact) mass is 292 g/mol. The van der Waals surface area contributed by atoms with Crippen LogP contribution in [0.5, 0.6) is 5.75 Å². The summed E-state index contributed by atoms with van der Waals surface area (Å²) >= 11 is 0. The Morgan fingerprint density at radius 1 is 1.38 bits per heavy atom. The maximum Gasteiger partial charge on any atom is 0.325 e. The first-order chi connectivity index (χ1) is 10.0. The summed E-state index contributed by atoms with van der Waals surface area (Å²) < 4.78 is 18.7. The van der Waals surface area contributed by atoms with Gasteiger partial charge in [0.1, 0.15) is 12.1 Å². The number of hydrogen-bond donors (Lipinski definition) is 1. The number of urea groups is 1. The average molecular weight is 292 g/mol. The molecule has 0 radical (unpaired) electrons. The fourth-order valence-corrected chi connectivity index (χ4v) is 2.66. The molecule has 0 aromatic heterocycles. The molecule has 2 aliphatic rings. The van der Waals surface area contributed by atoms with Crippen molar-refractivity contribution in [1.82, 2.24) is 10.2 Å². The number of ether oxygens (including phenoxy) is 1. The van der Waals surface area contributed by atoms with E-state index in [0.29, 0.717) is 0 Å². The van der Waals surface area contributed by atoms with Gasteiger partial charge in [-0.2, -0.15) is 0 Å². The van der Waals surface area contributed by atoms with Crippen molar-refractivity contribution in [3.63, 3.8) is 0 Å². The zero-order valence-corrected chi connectivity index (χ0v) is 11.8. The van der Waals surface area contributed by atoms with Gasteiger partial charge < -0.3 is 10.1 Å². The maximum absolute atomic E-state index is 13.4. The van der Waals surface area contributed by atoms with Crippen molar-refractivity contribution in [2.45, 2.75) is 25.3 Å². The third-order valence-electron chi connectivity index (χ3n) is 4.10. The number of carbonyl (C=O) groups is 2. The summed E-state index contributed by atoms with van der Waals surface area (Å²) in [7, 11) is 0. The Kier molecular flexibility index (Phi) is 3.31. The third-order valence-corrected chi connectivity index (χ3v) is 4.10. The first kappa shape index (κ1) is 13.9. The molecule has 1 aromatic carbocycles. The van der Waals surface area contributed by atoms with Gasteiger partial charge in [0.15, 0.2) is 11.6 Å². The highest BCUT2D eigenvalue weighted by molar-refractivity contribution is 6.07. The second kappa shape index (κ2) is 5.02. The summed E-state index contributed by atoms with van der Waals surface area (Å²) in [5.74, 6) is -0.328. The summed E-state index contributed by atoms with van der Waals surface area (Å²) in [6, 6.07) is 5.64. The molecule has 1 saturated carbocycles. The average Bonchev–Trinajstić information content (AvgIpc) is 3.26. The summed E-state index contributed by atoms with van der Waals surface area (Å²) in [6.07, 6.45) is 1.92. The van der Waals surface area contributed by atoms with E-state index in [1.807, 2.05) is 0 Å². The van der Waals surface area contributed by atoms with E-state index in [4.69, 9.17) is 4.74 Å². The Morgan fingerprint density at radius 3 is 2.76 bits per heavy atom. The number of hydrogen-bond acceptors (Lipinski definition) is 3. The van der Waals surface area contributed by atoms with Crippen LogP contribution in [0, 0.1) is 11.7 Å². The van der Waals surface area contributed by atoms with Crippen LogP contribution in [-0.2, 0) is 4.79 Å². The van der Waals surface area contributed by atoms with Crippen molar-refractivity contribution in [3.05, 3.63) is 30.1 Å². The van der Waals surface area contributed by atoms with E-state index in [1.165, 1.54) is 12.1 Å². The summed E-state index contributed by atoms with van der Waals surface area (Å²) in [4.78, 5) is 25.4. The molecule has 0 unspecified atom stereocenters. The molecular formula is C15H17FN2O3. The van der Waals surface area contributed by atoms with Crippen LogP contribution in [0.15, 0.2) is 24.3 Å². The Labute approximate surface area is 122 Å². The van der Waals surface area contributed by atoms with Crippen molar-refractivity contribution in [1.29, 1.82) is 0 Å². The number of nitrogens with zero attached hydrogens (tertiary/aromatic N) is 1.